The summed E-state index contributed by atoms with van der Waals surface area (Å²) in [5.41, 5.74) is 0. The van der Waals surface area contributed by atoms with Gasteiger partial charge in [-0.15, -0.1) is 26.3 Å². The zero-order valence-electron chi connectivity index (χ0n) is 65.0. The summed E-state index contributed by atoms with van der Waals surface area (Å²) in [4.78, 5) is 0. The van der Waals surface area contributed by atoms with Crippen LogP contribution in [0, 0.1) is 130 Å². The molecule has 554 valence electrons. The van der Waals surface area contributed by atoms with E-state index in [1.165, 1.54) is 295 Å². The van der Waals surface area contributed by atoms with Crippen molar-refractivity contribution in [2.75, 3.05) is 0 Å². The van der Waals surface area contributed by atoms with E-state index in [1.54, 1.807) is 64.2 Å². The highest BCUT2D eigenvalue weighted by atomic mass is 19.3. The molecule has 11 aliphatic rings. The first-order valence-corrected chi connectivity index (χ1v) is 44.5. The molecule has 0 aromatic rings. The predicted molar refractivity (Wildman–Crippen MR) is 419 cm³/mol. The van der Waals surface area contributed by atoms with Crippen molar-refractivity contribution in [2.24, 2.45) is 130 Å². The van der Waals surface area contributed by atoms with E-state index in [-0.39, 0.29) is 5.92 Å². The maximum absolute atomic E-state index is 12.2. The van der Waals surface area contributed by atoms with Crippen LogP contribution in [0.2, 0.25) is 0 Å². The van der Waals surface area contributed by atoms with Crippen LogP contribution < -0.4 is 0 Å². The molecule has 0 aromatic heterocycles. The average molecular weight is 1330 g/mol. The van der Waals surface area contributed by atoms with Crippen LogP contribution >= 0.6 is 0 Å². The van der Waals surface area contributed by atoms with Crippen molar-refractivity contribution in [3.05, 3.63) is 62.8 Å². The zero-order valence-corrected chi connectivity index (χ0v) is 65.0. The van der Waals surface area contributed by atoms with Crippen LogP contribution in [0.3, 0.4) is 0 Å². The fourth-order valence-electron chi connectivity index (χ4n) is 23.6. The van der Waals surface area contributed by atoms with Crippen molar-refractivity contribution in [3.63, 3.8) is 0 Å². The Morgan fingerprint density at radius 2 is 0.396 bits per heavy atom. The normalized spacial score (nSPS) is 38.3. The van der Waals surface area contributed by atoms with Gasteiger partial charge in [0.25, 0.3) is 6.08 Å². The number of allylic oxidation sites excluding steroid dienone is 5. The zero-order chi connectivity index (χ0) is 68.1. The summed E-state index contributed by atoms with van der Waals surface area (Å²) in [6.45, 7) is 27.5. The van der Waals surface area contributed by atoms with Gasteiger partial charge in [0, 0.05) is 0 Å². The highest BCUT2D eigenvalue weighted by Crippen LogP contribution is 2.49. The van der Waals surface area contributed by atoms with E-state index in [4.69, 9.17) is 0 Å². The monoisotopic (exact) mass is 1330 g/mol. The van der Waals surface area contributed by atoms with Gasteiger partial charge >= 0.3 is 0 Å². The summed E-state index contributed by atoms with van der Waals surface area (Å²) >= 11 is 0. The highest BCUT2D eigenvalue weighted by Gasteiger charge is 2.37. The summed E-state index contributed by atoms with van der Waals surface area (Å²) < 4.78 is 24.5. The first-order chi connectivity index (χ1) is 47.0. The Morgan fingerprint density at radius 1 is 0.219 bits per heavy atom. The van der Waals surface area contributed by atoms with Crippen LogP contribution in [0.15, 0.2) is 62.8 Å². The van der Waals surface area contributed by atoms with Gasteiger partial charge in [-0.2, -0.15) is 8.78 Å². The van der Waals surface area contributed by atoms with Gasteiger partial charge in [-0.25, -0.2) is 0 Å². The maximum Gasteiger partial charge on any atom is 0.266 e. The van der Waals surface area contributed by atoms with Gasteiger partial charge in [0.05, 0.1) is 0 Å². The number of hydrogen-bond acceptors (Lipinski definition) is 0. The lowest BCUT2D eigenvalue weighted by Gasteiger charge is -2.41. The van der Waals surface area contributed by atoms with Gasteiger partial charge in [0.1, 0.15) is 0 Å². The molecule has 0 saturated heterocycles. The summed E-state index contributed by atoms with van der Waals surface area (Å²) in [6.07, 6.45) is 91.3. The van der Waals surface area contributed by atoms with E-state index >= 15 is 0 Å². The molecule has 0 spiro atoms. The molecule has 0 nitrogen and oxygen atoms in total. The standard InChI is InChI=1S/C23H40.C19H34.C18H32.C17H28F2.C17H30/c1-3-5-19-8-12-21(13-9-19)23-16-14-22(15-17-23)20-10-6-18(4-2)7-11-20;1-3-5-6-7-17-10-14-19(15-11-17)18-12-8-16(4-2)9-13-18;1-3-5-6-16-9-13-18(14-10-16)17-11-7-15(4-2)8-12-17;1-2-3-13-4-8-15(9-5-13)16-10-6-14(7-11-16)12-17(18)19;1-3-5-15-8-12-17(13-9-15)16-10-6-14(4-2)7-11-16/h4,18-23H,2-3,5-17H2,1H3;4,16-19H,2-3,5-15H2,1H3;4,15-18H,2-3,5-14H2,1H3;12-16H,2-11H2,1H3;4,14-17H,2-3,5-13H2,1H3. The Balaban J connectivity index is 0.000000170. The molecule has 0 unspecified atom stereocenters. The van der Waals surface area contributed by atoms with E-state index in [0.29, 0.717) is 0 Å². The Kier molecular flexibility index (Phi) is 40.7. The third kappa shape index (κ3) is 29.4. The lowest BCUT2D eigenvalue weighted by molar-refractivity contribution is 0.107. The molecule has 11 aliphatic carbocycles. The predicted octanol–water partition coefficient (Wildman–Crippen LogP) is 31.5. The van der Waals surface area contributed by atoms with Gasteiger partial charge in [0.15, 0.2) is 0 Å². The van der Waals surface area contributed by atoms with Crippen LogP contribution in [-0.2, 0) is 0 Å². The molecular weight excluding hydrogens is 1170 g/mol. The molecule has 0 atom stereocenters. The molecule has 11 saturated carbocycles. The van der Waals surface area contributed by atoms with Crippen LogP contribution in [-0.4, -0.2) is 0 Å². The summed E-state index contributed by atoms with van der Waals surface area (Å²) in [7, 11) is 0. The van der Waals surface area contributed by atoms with Gasteiger partial charge in [-0.05, 0) is 355 Å². The molecule has 0 heterocycles. The SMILES string of the molecule is C=CC1CCC(C2CCC(C3CCC(CCC)CC3)CC2)CC1.C=CC1CCC(C2CCC(CCC)CC2)CC1.C=CC1CCC(C2CCC(CCCC)CC2)CC1.C=CC1CCC(C2CCC(CCCCC)CC2)CC1.CCCC1CCC(C2CCC(C=C(F)F)CC2)CC1. The summed E-state index contributed by atoms with van der Waals surface area (Å²) in [6, 6.07) is 0. The molecule has 0 aliphatic heterocycles. The molecule has 0 bridgehead atoms. The third-order valence-corrected chi connectivity index (χ3v) is 30.3. The van der Waals surface area contributed by atoms with E-state index in [9.17, 15) is 8.78 Å². The van der Waals surface area contributed by atoms with Crippen LogP contribution in [0.1, 0.15) is 401 Å². The van der Waals surface area contributed by atoms with Gasteiger partial charge < -0.3 is 0 Å². The first-order valence-electron chi connectivity index (χ1n) is 44.5. The second-order valence-electron chi connectivity index (χ2n) is 36.4. The third-order valence-electron chi connectivity index (χ3n) is 30.3. The summed E-state index contributed by atoms with van der Waals surface area (Å²) in [5.74, 6) is 21.2. The second kappa shape index (κ2) is 47.8. The molecule has 0 aromatic carbocycles. The molecule has 96 heavy (non-hydrogen) atoms. The maximum atomic E-state index is 12.2. The Labute approximate surface area is 599 Å². The Bertz CT molecular complexity index is 1960. The minimum Gasteiger partial charge on any atom is -0.174 e. The number of unbranched alkanes of at least 4 members (excludes halogenated alkanes) is 3. The molecule has 0 N–H and O–H groups in total. The van der Waals surface area contributed by atoms with Gasteiger partial charge in [-0.1, -0.05) is 207 Å². The van der Waals surface area contributed by atoms with Crippen molar-refractivity contribution in [1.82, 2.24) is 0 Å². The molecule has 2 heteroatoms. The highest BCUT2D eigenvalue weighted by molar-refractivity contribution is 4.95. The summed E-state index contributed by atoms with van der Waals surface area (Å²) in [5, 5.41) is 0. The smallest absolute Gasteiger partial charge is 0.174 e. The fourth-order valence-corrected chi connectivity index (χ4v) is 23.6. The van der Waals surface area contributed by atoms with Crippen molar-refractivity contribution < 1.29 is 8.78 Å². The largest absolute Gasteiger partial charge is 0.266 e. The van der Waals surface area contributed by atoms with E-state index in [0.717, 1.165) is 137 Å². The van der Waals surface area contributed by atoms with Crippen LogP contribution in [0.25, 0.3) is 0 Å². The van der Waals surface area contributed by atoms with Crippen molar-refractivity contribution in [1.29, 1.82) is 0 Å². The Hall–Kier alpha value is -1.44. The molecule has 0 radical (unpaired) electrons. The van der Waals surface area contributed by atoms with Gasteiger partial charge in [-0.3, -0.25) is 0 Å². The molecule has 11 rings (SSSR count). The van der Waals surface area contributed by atoms with Crippen LogP contribution in [0.5, 0.6) is 0 Å². The van der Waals surface area contributed by atoms with E-state index in [1.807, 2.05) is 0 Å². The molecule has 11 fully saturated rings. The average Bonchev–Trinajstić information content (AvgIpc) is 1.99. The number of halogens is 2. The van der Waals surface area contributed by atoms with Gasteiger partial charge in [0.2, 0.25) is 0 Å². The van der Waals surface area contributed by atoms with Crippen LogP contribution in [0.4, 0.5) is 8.78 Å². The second-order valence-corrected chi connectivity index (χ2v) is 36.4. The minimum atomic E-state index is -1.48. The Morgan fingerprint density at radius 3 is 0.583 bits per heavy atom. The quantitative estimate of drug-likeness (QED) is 0.0667. The minimum absolute atomic E-state index is 0.151. The molecule has 0 amide bonds. The van der Waals surface area contributed by atoms with E-state index < -0.39 is 6.08 Å². The van der Waals surface area contributed by atoms with Crippen molar-refractivity contribution in [2.45, 2.75) is 401 Å². The lowest BCUT2D eigenvalue weighted by Crippen LogP contribution is -2.29. The first kappa shape index (κ1) is 81.9. The number of hydrogen-bond donors (Lipinski definition) is 0. The topological polar surface area (TPSA) is 0 Å². The lowest BCUT2D eigenvalue weighted by atomic mass is 9.65. The fraction of sp³-hybridized carbons (Fsp3) is 0.894. The van der Waals surface area contributed by atoms with E-state index in [2.05, 4.69) is 85.2 Å². The number of rotatable bonds is 24. The van der Waals surface area contributed by atoms with Crippen molar-refractivity contribution >= 4 is 0 Å². The molecular formula is C94H164F2. The van der Waals surface area contributed by atoms with Crippen molar-refractivity contribution in [3.8, 4) is 0 Å².